The first-order chi connectivity index (χ1) is 11.2. The number of hydrogen-bond acceptors (Lipinski definition) is 7. The molecular formula is C14H14BrN5O3. The molecular weight excluding hydrogens is 366 g/mol. The molecule has 0 spiro atoms. The normalized spacial score (nSPS) is 10.9. The Bertz CT molecular complexity index is 829. The van der Waals surface area contributed by atoms with Gasteiger partial charge in [0, 0.05) is 13.0 Å². The van der Waals surface area contributed by atoms with E-state index in [2.05, 4.69) is 41.1 Å². The summed E-state index contributed by atoms with van der Waals surface area (Å²) in [6.45, 7) is 0.658. The third-order valence-electron chi connectivity index (χ3n) is 3.23. The predicted octanol–water partition coefficient (Wildman–Crippen LogP) is 2.01. The van der Waals surface area contributed by atoms with Gasteiger partial charge in [-0.1, -0.05) is 0 Å². The Morgan fingerprint density at radius 1 is 1.43 bits per heavy atom. The van der Waals surface area contributed by atoms with Crippen molar-refractivity contribution in [2.75, 3.05) is 19.0 Å². The molecule has 9 heteroatoms. The summed E-state index contributed by atoms with van der Waals surface area (Å²) in [5.74, 6) is 1.15. The van der Waals surface area contributed by atoms with Gasteiger partial charge in [0.2, 0.25) is 0 Å². The first-order valence-electron chi connectivity index (χ1n) is 6.89. The van der Waals surface area contributed by atoms with Crippen LogP contribution in [0.1, 0.15) is 5.76 Å². The number of fused-ring (bicyclic) bond motifs is 1. The number of methoxy groups -OCH3 is 1. The number of nitrogens with one attached hydrogen (secondary N) is 1. The van der Waals surface area contributed by atoms with Gasteiger partial charge in [0.25, 0.3) is 0 Å². The van der Waals surface area contributed by atoms with Crippen molar-refractivity contribution < 1.29 is 13.9 Å². The lowest BCUT2D eigenvalue weighted by atomic mass is 10.3. The minimum atomic E-state index is -0.383. The Labute approximate surface area is 140 Å². The van der Waals surface area contributed by atoms with Crippen molar-refractivity contribution in [1.29, 1.82) is 0 Å². The summed E-state index contributed by atoms with van der Waals surface area (Å²) in [6, 6.07) is 3.77. The van der Waals surface area contributed by atoms with E-state index in [1.807, 2.05) is 12.1 Å². The second-order valence-electron chi connectivity index (χ2n) is 4.72. The number of carbonyl (C=O) groups is 1. The van der Waals surface area contributed by atoms with Gasteiger partial charge in [-0.15, -0.1) is 0 Å². The maximum absolute atomic E-state index is 11.4. The number of hydrogen-bond donors (Lipinski definition) is 1. The number of halogens is 1. The van der Waals surface area contributed by atoms with E-state index in [1.165, 1.54) is 18.1 Å². The van der Waals surface area contributed by atoms with Crippen LogP contribution in [0, 0.1) is 0 Å². The molecule has 0 fully saturated rings. The molecule has 0 unspecified atom stereocenters. The number of nitrogens with zero attached hydrogens (tertiary/aromatic N) is 4. The summed E-state index contributed by atoms with van der Waals surface area (Å²) in [5, 5.41) is 8.14. The minimum absolute atomic E-state index is 0.0108. The highest BCUT2D eigenvalue weighted by molar-refractivity contribution is 9.10. The van der Waals surface area contributed by atoms with Gasteiger partial charge in [-0.05, 0) is 28.1 Å². The number of aromatic nitrogens is 4. The molecule has 0 aliphatic carbocycles. The van der Waals surface area contributed by atoms with Gasteiger partial charge in [0.05, 0.1) is 18.7 Å². The molecule has 1 N–H and O–H groups in total. The van der Waals surface area contributed by atoms with Crippen LogP contribution in [0.15, 0.2) is 33.7 Å². The van der Waals surface area contributed by atoms with Gasteiger partial charge in [-0.2, -0.15) is 5.10 Å². The highest BCUT2D eigenvalue weighted by atomic mass is 79.9. The molecule has 3 rings (SSSR count). The maximum Gasteiger partial charge on any atom is 0.327 e. The summed E-state index contributed by atoms with van der Waals surface area (Å²) in [7, 11) is 1.34. The van der Waals surface area contributed by atoms with Crippen LogP contribution in [0.2, 0.25) is 0 Å². The van der Waals surface area contributed by atoms with Gasteiger partial charge >= 0.3 is 5.97 Å². The Hall–Kier alpha value is -2.42. The second kappa shape index (κ2) is 6.78. The molecule has 8 nitrogen and oxygen atoms in total. The Balaban J connectivity index is 1.72. The monoisotopic (exact) mass is 379 g/mol. The molecule has 0 aliphatic rings. The molecule has 0 atom stereocenters. The molecule has 3 aromatic rings. The summed E-state index contributed by atoms with van der Waals surface area (Å²) in [4.78, 5) is 19.8. The average Bonchev–Trinajstić information content (AvgIpc) is 3.14. The van der Waals surface area contributed by atoms with Crippen LogP contribution in [0.4, 0.5) is 5.82 Å². The van der Waals surface area contributed by atoms with E-state index in [0.29, 0.717) is 29.1 Å². The summed E-state index contributed by atoms with van der Waals surface area (Å²) < 4.78 is 12.3. The zero-order valence-electron chi connectivity index (χ0n) is 12.3. The molecule has 0 saturated carbocycles. The van der Waals surface area contributed by atoms with Crippen LogP contribution in [-0.2, 0) is 22.5 Å². The van der Waals surface area contributed by atoms with Gasteiger partial charge in [0.1, 0.15) is 24.5 Å². The lowest BCUT2D eigenvalue weighted by Crippen LogP contribution is -2.13. The van der Waals surface area contributed by atoms with Crippen molar-refractivity contribution in [3.63, 3.8) is 0 Å². The van der Waals surface area contributed by atoms with Crippen LogP contribution >= 0.6 is 15.9 Å². The molecule has 0 saturated heterocycles. The van der Waals surface area contributed by atoms with E-state index in [1.54, 1.807) is 6.20 Å². The summed E-state index contributed by atoms with van der Waals surface area (Å²) >= 11 is 3.27. The number of ether oxygens (including phenoxy) is 1. The van der Waals surface area contributed by atoms with Crippen molar-refractivity contribution in [3.8, 4) is 0 Å². The fourth-order valence-corrected chi connectivity index (χ4v) is 2.47. The number of furan rings is 1. The molecule has 3 heterocycles. The van der Waals surface area contributed by atoms with Crippen LogP contribution in [0.5, 0.6) is 0 Å². The third-order valence-corrected chi connectivity index (χ3v) is 3.66. The Morgan fingerprint density at radius 2 is 2.30 bits per heavy atom. The zero-order chi connectivity index (χ0) is 16.2. The van der Waals surface area contributed by atoms with Crippen molar-refractivity contribution in [3.05, 3.63) is 35.1 Å². The standard InChI is InChI=1S/C14H14BrN5O3/c1-22-12(21)7-20-14-10(6-19-20)13(17-8-18-14)16-5-4-9-2-3-11(15)23-9/h2-3,6,8H,4-5,7H2,1H3,(H,16,17,18). The summed E-state index contributed by atoms with van der Waals surface area (Å²) in [6.07, 6.45) is 3.78. The van der Waals surface area contributed by atoms with E-state index in [9.17, 15) is 4.79 Å². The second-order valence-corrected chi connectivity index (χ2v) is 5.50. The lowest BCUT2D eigenvalue weighted by molar-refractivity contribution is -0.141. The molecule has 23 heavy (non-hydrogen) atoms. The third kappa shape index (κ3) is 3.50. The first-order valence-corrected chi connectivity index (χ1v) is 7.68. The van der Waals surface area contributed by atoms with E-state index >= 15 is 0 Å². The topological polar surface area (TPSA) is 95.1 Å². The van der Waals surface area contributed by atoms with Gasteiger partial charge in [-0.25, -0.2) is 14.6 Å². The van der Waals surface area contributed by atoms with Crippen molar-refractivity contribution in [2.24, 2.45) is 0 Å². The van der Waals surface area contributed by atoms with Crippen molar-refractivity contribution in [2.45, 2.75) is 13.0 Å². The number of anilines is 1. The first kappa shape index (κ1) is 15.5. The van der Waals surface area contributed by atoms with Crippen LogP contribution in [0.25, 0.3) is 11.0 Å². The molecule has 0 bridgehead atoms. The lowest BCUT2D eigenvalue weighted by Gasteiger charge is -2.05. The zero-order valence-corrected chi connectivity index (χ0v) is 13.9. The minimum Gasteiger partial charge on any atom is -0.468 e. The van der Waals surface area contributed by atoms with E-state index in [0.717, 1.165) is 11.1 Å². The highest BCUT2D eigenvalue weighted by Gasteiger charge is 2.12. The quantitative estimate of drug-likeness (QED) is 0.654. The van der Waals surface area contributed by atoms with E-state index in [4.69, 9.17) is 4.42 Å². The molecule has 0 aliphatic heterocycles. The smallest absolute Gasteiger partial charge is 0.327 e. The van der Waals surface area contributed by atoms with Crippen LogP contribution in [0.3, 0.4) is 0 Å². The van der Waals surface area contributed by atoms with Crippen LogP contribution < -0.4 is 5.32 Å². The number of carbonyl (C=O) groups excluding carboxylic acids is 1. The fourth-order valence-electron chi connectivity index (χ4n) is 2.13. The molecule has 0 aromatic carbocycles. The van der Waals surface area contributed by atoms with Gasteiger partial charge < -0.3 is 14.5 Å². The van der Waals surface area contributed by atoms with Gasteiger partial charge in [0.15, 0.2) is 10.3 Å². The highest BCUT2D eigenvalue weighted by Crippen LogP contribution is 2.19. The Morgan fingerprint density at radius 3 is 3.04 bits per heavy atom. The van der Waals surface area contributed by atoms with Crippen molar-refractivity contribution >= 4 is 38.8 Å². The Kier molecular flexibility index (Phi) is 4.56. The van der Waals surface area contributed by atoms with Crippen molar-refractivity contribution in [1.82, 2.24) is 19.7 Å². The average molecular weight is 380 g/mol. The largest absolute Gasteiger partial charge is 0.468 e. The van der Waals surface area contributed by atoms with E-state index < -0.39 is 0 Å². The summed E-state index contributed by atoms with van der Waals surface area (Å²) in [5.41, 5.74) is 0.577. The predicted molar refractivity (Wildman–Crippen MR) is 85.9 cm³/mol. The SMILES string of the molecule is COC(=O)Cn1ncc2c(NCCc3ccc(Br)o3)ncnc21. The molecule has 0 radical (unpaired) electrons. The number of esters is 1. The number of rotatable bonds is 6. The molecule has 0 amide bonds. The maximum atomic E-state index is 11.4. The molecule has 120 valence electrons. The van der Waals surface area contributed by atoms with Crippen LogP contribution in [-0.4, -0.2) is 39.4 Å². The molecule has 3 aromatic heterocycles. The van der Waals surface area contributed by atoms with E-state index in [-0.39, 0.29) is 12.5 Å². The fraction of sp³-hybridized carbons (Fsp3) is 0.286. The van der Waals surface area contributed by atoms with Gasteiger partial charge in [-0.3, -0.25) is 4.79 Å².